The zero-order valence-corrected chi connectivity index (χ0v) is 14.0. The Bertz CT molecular complexity index is 493. The van der Waals surface area contributed by atoms with E-state index in [1.165, 1.54) is 0 Å². The van der Waals surface area contributed by atoms with Gasteiger partial charge in [-0.25, -0.2) is 9.97 Å². The smallest absolute Gasteiger partial charge is 0.225 e. The highest BCUT2D eigenvalue weighted by Crippen LogP contribution is 2.17. The van der Waals surface area contributed by atoms with Crippen LogP contribution in [0, 0.1) is 5.92 Å². The third-order valence-corrected chi connectivity index (χ3v) is 4.99. The molecule has 0 aliphatic carbocycles. The van der Waals surface area contributed by atoms with Gasteiger partial charge in [-0.2, -0.15) is 0 Å². The van der Waals surface area contributed by atoms with Crippen LogP contribution in [0.3, 0.4) is 0 Å². The third kappa shape index (κ3) is 4.41. The van der Waals surface area contributed by atoms with Crippen molar-refractivity contribution in [2.24, 2.45) is 5.92 Å². The average Bonchev–Trinajstić information content (AvgIpc) is 2.61. The molecular weight excluding hydrogens is 290 g/mol. The first-order valence-corrected chi connectivity index (χ1v) is 8.74. The minimum Gasteiger partial charge on any atom is -0.343 e. The molecule has 2 fully saturated rings. The number of carbonyl (C=O) groups is 1. The first kappa shape index (κ1) is 16.2. The fraction of sp³-hybridized carbons (Fsp3) is 0.706. The predicted molar refractivity (Wildman–Crippen MR) is 90.3 cm³/mol. The summed E-state index contributed by atoms with van der Waals surface area (Å²) < 4.78 is 0. The summed E-state index contributed by atoms with van der Waals surface area (Å²) in [6.45, 7) is 8.84. The number of hydrogen-bond donors (Lipinski definition) is 0. The maximum Gasteiger partial charge on any atom is 0.225 e. The molecule has 23 heavy (non-hydrogen) atoms. The normalized spacial score (nSPS) is 20.7. The van der Waals surface area contributed by atoms with Crippen molar-refractivity contribution in [3.8, 4) is 0 Å². The SMILES string of the molecule is CC1CCN(C(=O)CCN2CCN(c3ncccn3)CC2)CC1. The number of aromatic nitrogens is 2. The highest BCUT2D eigenvalue weighted by Gasteiger charge is 2.22. The van der Waals surface area contributed by atoms with Crippen LogP contribution in [-0.2, 0) is 4.79 Å². The number of rotatable bonds is 4. The van der Waals surface area contributed by atoms with Crippen LogP contribution in [0.2, 0.25) is 0 Å². The fourth-order valence-corrected chi connectivity index (χ4v) is 3.30. The summed E-state index contributed by atoms with van der Waals surface area (Å²) in [4.78, 5) is 27.6. The van der Waals surface area contributed by atoms with Crippen molar-refractivity contribution in [2.45, 2.75) is 26.2 Å². The molecule has 3 heterocycles. The molecule has 1 aromatic rings. The van der Waals surface area contributed by atoms with Crippen LogP contribution in [0.25, 0.3) is 0 Å². The molecule has 3 rings (SSSR count). The molecule has 0 aromatic carbocycles. The first-order valence-electron chi connectivity index (χ1n) is 8.74. The van der Waals surface area contributed by atoms with E-state index in [1.807, 2.05) is 11.0 Å². The van der Waals surface area contributed by atoms with E-state index in [0.29, 0.717) is 12.3 Å². The van der Waals surface area contributed by atoms with E-state index in [9.17, 15) is 4.79 Å². The van der Waals surface area contributed by atoms with E-state index in [-0.39, 0.29) is 0 Å². The summed E-state index contributed by atoms with van der Waals surface area (Å²) in [5.41, 5.74) is 0. The van der Waals surface area contributed by atoms with Crippen molar-refractivity contribution < 1.29 is 4.79 Å². The van der Waals surface area contributed by atoms with Gasteiger partial charge in [0.1, 0.15) is 0 Å². The number of piperazine rings is 1. The van der Waals surface area contributed by atoms with Crippen LogP contribution < -0.4 is 4.90 Å². The number of anilines is 1. The fourth-order valence-electron chi connectivity index (χ4n) is 3.30. The van der Waals surface area contributed by atoms with Gasteiger partial charge in [0.15, 0.2) is 0 Å². The van der Waals surface area contributed by atoms with Crippen LogP contribution in [0.1, 0.15) is 26.2 Å². The molecule has 0 atom stereocenters. The Kier molecular flexibility index (Phi) is 5.43. The van der Waals surface area contributed by atoms with Crippen molar-refractivity contribution in [1.29, 1.82) is 0 Å². The minimum absolute atomic E-state index is 0.325. The zero-order chi connectivity index (χ0) is 16.1. The maximum absolute atomic E-state index is 12.3. The van der Waals surface area contributed by atoms with Crippen LogP contribution in [0.15, 0.2) is 18.5 Å². The molecule has 0 bridgehead atoms. The summed E-state index contributed by atoms with van der Waals surface area (Å²) in [7, 11) is 0. The summed E-state index contributed by atoms with van der Waals surface area (Å²) in [5.74, 6) is 1.91. The molecule has 2 saturated heterocycles. The van der Waals surface area contributed by atoms with Gasteiger partial charge in [0.25, 0.3) is 0 Å². The Hall–Kier alpha value is -1.69. The molecule has 0 saturated carbocycles. The zero-order valence-electron chi connectivity index (χ0n) is 14.0. The third-order valence-electron chi connectivity index (χ3n) is 4.99. The molecule has 1 amide bonds. The minimum atomic E-state index is 0.325. The van der Waals surface area contributed by atoms with Gasteiger partial charge in [0.2, 0.25) is 11.9 Å². The molecule has 0 radical (unpaired) electrons. The number of carbonyl (C=O) groups excluding carboxylic acids is 1. The van der Waals surface area contributed by atoms with E-state index in [4.69, 9.17) is 0 Å². The van der Waals surface area contributed by atoms with Crippen LogP contribution in [0.5, 0.6) is 0 Å². The molecule has 6 heteroatoms. The number of piperidine rings is 1. The summed E-state index contributed by atoms with van der Waals surface area (Å²) >= 11 is 0. The van der Waals surface area contributed by atoms with Crippen molar-refractivity contribution >= 4 is 11.9 Å². The van der Waals surface area contributed by atoms with Gasteiger partial charge in [-0.3, -0.25) is 9.69 Å². The van der Waals surface area contributed by atoms with Crippen molar-refractivity contribution in [3.63, 3.8) is 0 Å². The molecule has 6 nitrogen and oxygen atoms in total. The molecule has 126 valence electrons. The van der Waals surface area contributed by atoms with Crippen LogP contribution >= 0.6 is 0 Å². The van der Waals surface area contributed by atoms with Gasteiger partial charge < -0.3 is 9.80 Å². The molecule has 2 aliphatic rings. The Morgan fingerprint density at radius 3 is 2.39 bits per heavy atom. The number of nitrogens with zero attached hydrogens (tertiary/aromatic N) is 5. The van der Waals surface area contributed by atoms with Gasteiger partial charge in [0, 0.05) is 64.6 Å². The molecule has 0 unspecified atom stereocenters. The lowest BCUT2D eigenvalue weighted by Gasteiger charge is -2.35. The van der Waals surface area contributed by atoms with Gasteiger partial charge in [-0.15, -0.1) is 0 Å². The number of amides is 1. The largest absolute Gasteiger partial charge is 0.343 e. The van der Waals surface area contributed by atoms with Crippen molar-refractivity contribution in [2.75, 3.05) is 50.7 Å². The van der Waals surface area contributed by atoms with Gasteiger partial charge in [0.05, 0.1) is 0 Å². The lowest BCUT2D eigenvalue weighted by atomic mass is 9.99. The number of likely N-dealkylation sites (tertiary alicyclic amines) is 1. The predicted octanol–water partition coefficient (Wildman–Crippen LogP) is 1.25. The van der Waals surface area contributed by atoms with E-state index in [2.05, 4.69) is 26.7 Å². The highest BCUT2D eigenvalue weighted by atomic mass is 16.2. The topological polar surface area (TPSA) is 52.6 Å². The Morgan fingerprint density at radius 2 is 1.74 bits per heavy atom. The molecule has 0 N–H and O–H groups in total. The Balaban J connectivity index is 1.38. The Morgan fingerprint density at radius 1 is 1.09 bits per heavy atom. The summed E-state index contributed by atoms with van der Waals surface area (Å²) in [5, 5.41) is 0. The summed E-state index contributed by atoms with van der Waals surface area (Å²) in [6, 6.07) is 1.84. The average molecular weight is 317 g/mol. The van der Waals surface area contributed by atoms with Gasteiger partial charge >= 0.3 is 0 Å². The molecule has 1 aromatic heterocycles. The van der Waals surface area contributed by atoms with E-state index >= 15 is 0 Å². The van der Waals surface area contributed by atoms with Crippen LogP contribution in [0.4, 0.5) is 5.95 Å². The quantitative estimate of drug-likeness (QED) is 0.836. The lowest BCUT2D eigenvalue weighted by Crippen LogP contribution is -2.48. The second-order valence-electron chi connectivity index (χ2n) is 6.69. The van der Waals surface area contributed by atoms with E-state index in [1.54, 1.807) is 12.4 Å². The lowest BCUT2D eigenvalue weighted by molar-refractivity contribution is -0.132. The molecular formula is C17H27N5O. The molecule has 2 aliphatic heterocycles. The van der Waals surface area contributed by atoms with E-state index in [0.717, 1.165) is 70.5 Å². The first-order chi connectivity index (χ1) is 11.2. The monoisotopic (exact) mass is 317 g/mol. The van der Waals surface area contributed by atoms with E-state index < -0.39 is 0 Å². The highest BCUT2D eigenvalue weighted by molar-refractivity contribution is 5.76. The van der Waals surface area contributed by atoms with Crippen LogP contribution in [-0.4, -0.2) is 71.5 Å². The second-order valence-corrected chi connectivity index (χ2v) is 6.69. The molecule has 0 spiro atoms. The van der Waals surface area contributed by atoms with Crippen molar-refractivity contribution in [1.82, 2.24) is 19.8 Å². The maximum atomic E-state index is 12.3. The summed E-state index contributed by atoms with van der Waals surface area (Å²) in [6.07, 6.45) is 6.53. The van der Waals surface area contributed by atoms with Gasteiger partial charge in [-0.05, 0) is 24.8 Å². The Labute approximate surface area is 138 Å². The second kappa shape index (κ2) is 7.73. The standard InChI is InChI=1S/C17H27N5O/c1-15-3-9-21(10-4-15)16(23)5-8-20-11-13-22(14-12-20)17-18-6-2-7-19-17/h2,6-7,15H,3-5,8-14H2,1H3. The number of hydrogen-bond acceptors (Lipinski definition) is 5. The van der Waals surface area contributed by atoms with Gasteiger partial charge in [-0.1, -0.05) is 6.92 Å². The van der Waals surface area contributed by atoms with Crippen molar-refractivity contribution in [3.05, 3.63) is 18.5 Å².